The van der Waals surface area contributed by atoms with Crippen molar-refractivity contribution in [2.24, 2.45) is 0 Å². The van der Waals surface area contributed by atoms with E-state index in [0.717, 1.165) is 42.1 Å². The quantitative estimate of drug-likeness (QED) is 0.451. The van der Waals surface area contributed by atoms with Crippen LogP contribution >= 0.6 is 11.3 Å². The maximum atomic E-state index is 12.5. The standard InChI is InChI=1S/C25H24N2O3S/c1-30-25(29)23-20-14-15-27(16-19-10-6-3-7-11-19)17-21(20)31-24(23)26-22(28)13-12-18-8-4-2-5-9-18/h2-13H,14-17H2,1H3,(H,26,28)/b13-12-. The van der Waals surface area contributed by atoms with Crippen molar-refractivity contribution in [3.63, 3.8) is 0 Å². The van der Waals surface area contributed by atoms with Crippen molar-refractivity contribution in [1.82, 2.24) is 4.90 Å². The number of rotatable bonds is 6. The molecule has 0 atom stereocenters. The third-order valence-electron chi connectivity index (χ3n) is 5.24. The minimum absolute atomic E-state index is 0.270. The average molecular weight is 433 g/mol. The van der Waals surface area contributed by atoms with Gasteiger partial charge in [-0.05, 0) is 29.2 Å². The van der Waals surface area contributed by atoms with Gasteiger partial charge in [0.2, 0.25) is 5.91 Å². The van der Waals surface area contributed by atoms with Crippen LogP contribution in [-0.2, 0) is 29.0 Å². The second-order valence-electron chi connectivity index (χ2n) is 7.38. The maximum absolute atomic E-state index is 12.5. The molecular formula is C25H24N2O3S. The normalized spacial score (nSPS) is 13.7. The van der Waals surface area contributed by atoms with Gasteiger partial charge in [-0.1, -0.05) is 60.7 Å². The Kier molecular flexibility index (Phi) is 6.60. The SMILES string of the molecule is COC(=O)c1c(NC(=O)/C=C\c2ccccc2)sc2c1CCN(Cc1ccccc1)C2. The van der Waals surface area contributed by atoms with Gasteiger partial charge < -0.3 is 10.1 Å². The first-order valence-corrected chi connectivity index (χ1v) is 11.0. The topological polar surface area (TPSA) is 58.6 Å². The molecule has 3 aromatic rings. The minimum Gasteiger partial charge on any atom is -0.465 e. The maximum Gasteiger partial charge on any atom is 0.341 e. The molecule has 0 saturated carbocycles. The second-order valence-corrected chi connectivity index (χ2v) is 8.48. The van der Waals surface area contributed by atoms with Crippen molar-refractivity contribution in [3.05, 3.63) is 93.9 Å². The van der Waals surface area contributed by atoms with Crippen LogP contribution in [0.5, 0.6) is 0 Å². The van der Waals surface area contributed by atoms with Crippen molar-refractivity contribution in [3.8, 4) is 0 Å². The Hall–Kier alpha value is -3.22. The molecule has 0 aliphatic carbocycles. The Morgan fingerprint density at radius 1 is 1.10 bits per heavy atom. The molecule has 2 heterocycles. The molecule has 1 aliphatic heterocycles. The lowest BCUT2D eigenvalue weighted by Gasteiger charge is -2.27. The van der Waals surface area contributed by atoms with Crippen LogP contribution in [0.15, 0.2) is 66.7 Å². The number of esters is 1. The largest absolute Gasteiger partial charge is 0.465 e. The Bertz CT molecular complexity index is 1090. The molecule has 2 aromatic carbocycles. The Balaban J connectivity index is 1.52. The number of fused-ring (bicyclic) bond motifs is 1. The Morgan fingerprint density at radius 3 is 2.52 bits per heavy atom. The summed E-state index contributed by atoms with van der Waals surface area (Å²) in [6.07, 6.45) is 3.98. The first kappa shape index (κ1) is 21.0. The number of carbonyl (C=O) groups excluding carboxylic acids is 2. The van der Waals surface area contributed by atoms with E-state index in [-0.39, 0.29) is 5.91 Å². The first-order chi connectivity index (χ1) is 15.1. The lowest BCUT2D eigenvalue weighted by molar-refractivity contribution is -0.111. The molecule has 1 aromatic heterocycles. The lowest BCUT2D eigenvalue weighted by atomic mass is 10.0. The predicted octanol–water partition coefficient (Wildman–Crippen LogP) is 4.74. The molecule has 0 bridgehead atoms. The van der Waals surface area contributed by atoms with Crippen molar-refractivity contribution in [2.75, 3.05) is 19.0 Å². The summed E-state index contributed by atoms with van der Waals surface area (Å²) in [5, 5.41) is 3.45. The minimum atomic E-state index is -0.406. The monoisotopic (exact) mass is 432 g/mol. The number of anilines is 1. The van der Waals surface area contributed by atoms with Crippen molar-refractivity contribution in [2.45, 2.75) is 19.5 Å². The number of ether oxygens (including phenoxy) is 1. The molecule has 0 unspecified atom stereocenters. The molecular weight excluding hydrogens is 408 g/mol. The van der Waals surface area contributed by atoms with Gasteiger partial charge in [0, 0.05) is 30.6 Å². The molecule has 1 aliphatic rings. The van der Waals surface area contributed by atoms with E-state index in [4.69, 9.17) is 4.74 Å². The summed E-state index contributed by atoms with van der Waals surface area (Å²) >= 11 is 1.46. The number of methoxy groups -OCH3 is 1. The van der Waals surface area contributed by atoms with Crippen LogP contribution in [0.2, 0.25) is 0 Å². The Morgan fingerprint density at radius 2 is 1.81 bits per heavy atom. The van der Waals surface area contributed by atoms with E-state index in [1.165, 1.54) is 30.1 Å². The van der Waals surface area contributed by atoms with Crippen LogP contribution in [0.1, 0.15) is 31.9 Å². The summed E-state index contributed by atoms with van der Waals surface area (Å²) in [4.78, 5) is 28.5. The smallest absolute Gasteiger partial charge is 0.341 e. The van der Waals surface area contributed by atoms with E-state index in [2.05, 4.69) is 22.3 Å². The number of nitrogens with zero attached hydrogens (tertiary/aromatic N) is 1. The highest BCUT2D eigenvalue weighted by Crippen LogP contribution is 2.38. The third kappa shape index (κ3) is 5.10. The molecule has 158 valence electrons. The van der Waals surface area contributed by atoms with Crippen LogP contribution in [0.25, 0.3) is 6.08 Å². The molecule has 6 heteroatoms. The van der Waals surface area contributed by atoms with Gasteiger partial charge in [-0.25, -0.2) is 4.79 Å². The average Bonchev–Trinajstić information content (AvgIpc) is 3.15. The molecule has 0 radical (unpaired) electrons. The van der Waals surface area contributed by atoms with Gasteiger partial charge in [0.1, 0.15) is 5.00 Å². The highest BCUT2D eigenvalue weighted by atomic mass is 32.1. The van der Waals surface area contributed by atoms with Crippen LogP contribution in [0.3, 0.4) is 0 Å². The summed E-state index contributed by atoms with van der Waals surface area (Å²) in [7, 11) is 1.37. The van der Waals surface area contributed by atoms with Crippen LogP contribution in [0.4, 0.5) is 5.00 Å². The molecule has 0 saturated heterocycles. The zero-order valence-corrected chi connectivity index (χ0v) is 18.2. The fourth-order valence-electron chi connectivity index (χ4n) is 3.73. The summed E-state index contributed by atoms with van der Waals surface area (Å²) in [5.74, 6) is -0.676. The highest BCUT2D eigenvalue weighted by molar-refractivity contribution is 7.17. The number of hydrogen-bond donors (Lipinski definition) is 1. The van der Waals surface area contributed by atoms with Gasteiger partial charge >= 0.3 is 5.97 Å². The number of nitrogens with one attached hydrogen (secondary N) is 1. The summed E-state index contributed by atoms with van der Waals surface area (Å²) in [5.41, 5.74) is 3.68. The summed E-state index contributed by atoms with van der Waals surface area (Å²) in [6, 6.07) is 20.0. The van der Waals surface area contributed by atoms with E-state index in [0.29, 0.717) is 10.6 Å². The van der Waals surface area contributed by atoms with Gasteiger partial charge in [-0.3, -0.25) is 9.69 Å². The second kappa shape index (κ2) is 9.73. The molecule has 4 rings (SSSR count). The number of carbonyl (C=O) groups is 2. The molecule has 31 heavy (non-hydrogen) atoms. The van der Waals surface area contributed by atoms with E-state index < -0.39 is 5.97 Å². The van der Waals surface area contributed by atoms with E-state index >= 15 is 0 Å². The van der Waals surface area contributed by atoms with Gasteiger partial charge in [0.05, 0.1) is 12.7 Å². The number of benzene rings is 2. The molecule has 0 spiro atoms. The van der Waals surface area contributed by atoms with E-state index in [9.17, 15) is 9.59 Å². The van der Waals surface area contributed by atoms with Gasteiger partial charge in [-0.2, -0.15) is 0 Å². The molecule has 1 N–H and O–H groups in total. The summed E-state index contributed by atoms with van der Waals surface area (Å²) < 4.78 is 5.02. The fourth-order valence-corrected chi connectivity index (χ4v) is 5.01. The zero-order valence-electron chi connectivity index (χ0n) is 17.3. The summed E-state index contributed by atoms with van der Waals surface area (Å²) in [6.45, 7) is 2.45. The van der Waals surface area contributed by atoms with Gasteiger partial charge in [-0.15, -0.1) is 11.3 Å². The fraction of sp³-hybridized carbons (Fsp3) is 0.200. The highest BCUT2D eigenvalue weighted by Gasteiger charge is 2.29. The van der Waals surface area contributed by atoms with Crippen molar-refractivity contribution in [1.29, 1.82) is 0 Å². The van der Waals surface area contributed by atoms with E-state index in [1.807, 2.05) is 48.5 Å². The molecule has 5 nitrogen and oxygen atoms in total. The van der Waals surface area contributed by atoms with Gasteiger partial charge in [0.15, 0.2) is 0 Å². The molecule has 0 fully saturated rings. The van der Waals surface area contributed by atoms with E-state index in [1.54, 1.807) is 6.08 Å². The molecule has 1 amide bonds. The number of thiophene rings is 1. The zero-order chi connectivity index (χ0) is 21.6. The number of amides is 1. The van der Waals surface area contributed by atoms with Crippen molar-refractivity contribution < 1.29 is 14.3 Å². The first-order valence-electron chi connectivity index (χ1n) is 10.2. The van der Waals surface area contributed by atoms with Crippen LogP contribution < -0.4 is 5.32 Å². The lowest BCUT2D eigenvalue weighted by Crippen LogP contribution is -2.29. The third-order valence-corrected chi connectivity index (χ3v) is 6.37. The Labute approximate surface area is 186 Å². The van der Waals surface area contributed by atoms with Gasteiger partial charge in [0.25, 0.3) is 0 Å². The predicted molar refractivity (Wildman–Crippen MR) is 124 cm³/mol. The van der Waals surface area contributed by atoms with Crippen LogP contribution in [0, 0.1) is 0 Å². The van der Waals surface area contributed by atoms with Crippen molar-refractivity contribution >= 4 is 34.3 Å². The number of hydrogen-bond acceptors (Lipinski definition) is 5. The van der Waals surface area contributed by atoms with Crippen LogP contribution in [-0.4, -0.2) is 30.4 Å².